The number of ether oxygens (including phenoxy) is 2. The summed E-state index contributed by atoms with van der Waals surface area (Å²) in [4.78, 5) is 28.4. The van der Waals surface area contributed by atoms with E-state index in [1.54, 1.807) is 55.1 Å². The van der Waals surface area contributed by atoms with Crippen LogP contribution in [0, 0.1) is 13.8 Å². The summed E-state index contributed by atoms with van der Waals surface area (Å²) in [6, 6.07) is 12.7. The van der Waals surface area contributed by atoms with E-state index in [-0.39, 0.29) is 75.6 Å². The van der Waals surface area contributed by atoms with Crippen molar-refractivity contribution in [3.05, 3.63) is 59.7 Å². The fraction of sp³-hybridized carbons (Fsp3) is 0.356. The molecule has 0 bridgehead atoms. The fourth-order valence-electron chi connectivity index (χ4n) is 7.77. The van der Waals surface area contributed by atoms with Gasteiger partial charge in [0.15, 0.2) is 0 Å². The minimum absolute atomic E-state index is 0.00313. The Balaban J connectivity index is 1.36. The summed E-state index contributed by atoms with van der Waals surface area (Å²) in [5.74, 6) is 1.04. The normalized spacial score (nSPS) is 12.1. The molecule has 0 radical (unpaired) electrons. The first-order valence-electron chi connectivity index (χ1n) is 22.7. The second-order valence-electron chi connectivity index (χ2n) is 15.9. The van der Waals surface area contributed by atoms with Crippen LogP contribution in [0.1, 0.15) is 38.8 Å². The lowest BCUT2D eigenvalue weighted by Crippen LogP contribution is -2.31. The van der Waals surface area contributed by atoms with Gasteiger partial charge in [-0.15, -0.1) is 20.5 Å². The molecule has 7 rings (SSSR count). The van der Waals surface area contributed by atoms with Gasteiger partial charge in [-0.3, -0.25) is 9.11 Å². The molecule has 0 aliphatic heterocycles. The van der Waals surface area contributed by atoms with Gasteiger partial charge in [0.2, 0.25) is 28.1 Å². The first kappa shape index (κ1) is 54.0. The van der Waals surface area contributed by atoms with Crippen LogP contribution in [0.25, 0.3) is 20.4 Å². The molecule has 4 aromatic carbocycles. The topological polar surface area (TPSA) is 315 Å². The predicted octanol–water partition coefficient (Wildman–Crippen LogP) is 9.02. The second-order valence-corrected chi connectivity index (χ2v) is 20.7. The number of aryl methyl sites for hydroxylation is 2. The van der Waals surface area contributed by atoms with Crippen molar-refractivity contribution >= 4 is 126 Å². The number of aliphatic hydroxyl groups is 2. The molecule has 3 aromatic heterocycles. The third-order valence-corrected chi connectivity index (χ3v) is 15.1. The van der Waals surface area contributed by atoms with Crippen LogP contribution in [-0.4, -0.2) is 128 Å². The van der Waals surface area contributed by atoms with Gasteiger partial charge < -0.3 is 45.0 Å². The molecule has 0 fully saturated rings. The number of anilines is 7. The average Bonchev–Trinajstić information content (AvgIpc) is 3.95. The molecular weight excluding hydrogens is 1020 g/mol. The van der Waals surface area contributed by atoms with E-state index < -0.39 is 20.2 Å². The van der Waals surface area contributed by atoms with Gasteiger partial charge in [-0.25, -0.2) is 9.97 Å². The van der Waals surface area contributed by atoms with E-state index >= 15 is 0 Å². The van der Waals surface area contributed by atoms with Gasteiger partial charge in [0, 0.05) is 51.4 Å². The molecule has 28 heteroatoms. The van der Waals surface area contributed by atoms with Crippen molar-refractivity contribution in [1.29, 1.82) is 0 Å². The molecule has 6 N–H and O–H groups in total. The SMILES string of the molecule is CCN(CC)c1cc(Nc2nc(Nc3cc(N(CC)CC)c(OC)cc3/N=N/c3nc4cc(S(=O)(=O)O)c(C)cc4s3)nc(N(CCO)CCO)n2)c(/N=N/c2nc3cc(S(=O)(=O)O)c(C)cc3s2)cc1OC. The highest BCUT2D eigenvalue weighted by Crippen LogP contribution is 2.44. The zero-order valence-corrected chi connectivity index (χ0v) is 44.3. The molecule has 0 spiro atoms. The molecule has 0 aliphatic carbocycles. The Kier molecular flexibility index (Phi) is 17.0. The minimum atomic E-state index is -4.50. The number of hydrogen-bond donors (Lipinski definition) is 6. The highest BCUT2D eigenvalue weighted by molar-refractivity contribution is 7.86. The highest BCUT2D eigenvalue weighted by atomic mass is 32.2. The van der Waals surface area contributed by atoms with Crippen LogP contribution in [-0.2, 0) is 20.2 Å². The quantitative estimate of drug-likeness (QED) is 0.0257. The fourth-order valence-corrected chi connectivity index (χ4v) is 11.0. The first-order valence-corrected chi connectivity index (χ1v) is 27.2. The Labute approximate surface area is 429 Å². The number of aromatic nitrogens is 5. The minimum Gasteiger partial charge on any atom is -0.494 e. The lowest BCUT2D eigenvalue weighted by molar-refractivity contribution is 0.280. The number of aliphatic hydroxyl groups excluding tert-OH is 2. The summed E-state index contributed by atoms with van der Waals surface area (Å²) in [5.41, 5.74) is 3.95. The lowest BCUT2D eigenvalue weighted by Gasteiger charge is -2.25. The van der Waals surface area contributed by atoms with Gasteiger partial charge in [-0.1, -0.05) is 22.7 Å². The van der Waals surface area contributed by atoms with Crippen molar-refractivity contribution in [2.24, 2.45) is 20.5 Å². The van der Waals surface area contributed by atoms with Gasteiger partial charge in [0.05, 0.1) is 80.4 Å². The summed E-state index contributed by atoms with van der Waals surface area (Å²) in [7, 11) is -5.94. The molecule has 0 amide bonds. The van der Waals surface area contributed by atoms with Crippen LogP contribution < -0.4 is 34.8 Å². The number of benzene rings is 4. The Bertz CT molecular complexity index is 3220. The van der Waals surface area contributed by atoms with Crippen LogP contribution in [0.2, 0.25) is 0 Å². The van der Waals surface area contributed by atoms with Crippen molar-refractivity contribution < 1.29 is 45.6 Å². The van der Waals surface area contributed by atoms with Gasteiger partial charge in [0.1, 0.15) is 22.9 Å². The van der Waals surface area contributed by atoms with E-state index in [1.807, 2.05) is 27.7 Å². The third kappa shape index (κ3) is 12.4. The maximum absolute atomic E-state index is 12.0. The Morgan fingerprint density at radius 2 is 0.959 bits per heavy atom. The Hall–Kier alpha value is -6.79. The van der Waals surface area contributed by atoms with Crippen LogP contribution in [0.5, 0.6) is 11.5 Å². The van der Waals surface area contributed by atoms with Gasteiger partial charge in [-0.2, -0.15) is 31.8 Å². The summed E-state index contributed by atoms with van der Waals surface area (Å²) < 4.78 is 80.7. The Morgan fingerprint density at radius 3 is 1.30 bits per heavy atom. The predicted molar refractivity (Wildman–Crippen MR) is 283 cm³/mol. The van der Waals surface area contributed by atoms with E-state index in [0.717, 1.165) is 22.7 Å². The molecule has 0 saturated heterocycles. The number of rotatable bonds is 23. The molecule has 0 atom stereocenters. The number of nitrogens with zero attached hydrogens (tertiary/aromatic N) is 12. The molecular formula is C45H54N14O10S4. The Morgan fingerprint density at radius 1 is 0.562 bits per heavy atom. The number of hydrogen-bond acceptors (Lipinski definition) is 24. The molecule has 0 unspecified atom stereocenters. The maximum Gasteiger partial charge on any atom is 0.294 e. The standard InChI is InChI=1S/C45H54N14O10S4/c1-9-57(10-2)33-19-27(29(21-35(33)68-7)53-55-44-48-31-23-39(72(62,63)64)25(5)17-37(31)70-44)46-41-50-42(52-43(51-41)59(13-15-60)14-16-61)47-28-20-34(58(11-3)12-4)36(69-8)22-30(28)54-56-45-49-32-24-40(73(65,66)67)26(6)18-38(32)71-45/h17-24,60-61H,9-16H2,1-8H3,(H,62,63,64)(H,65,66,67)(H2,46,47,50,51,52)/b55-53+,56-54+. The summed E-state index contributed by atoms with van der Waals surface area (Å²) in [5, 5.41) is 45.2. The summed E-state index contributed by atoms with van der Waals surface area (Å²) in [6.45, 7) is 13.1. The van der Waals surface area contributed by atoms with Crippen LogP contribution in [0.15, 0.2) is 78.8 Å². The number of methoxy groups -OCH3 is 2. The molecule has 0 saturated carbocycles. The average molecular weight is 1080 g/mol. The van der Waals surface area contributed by atoms with Crippen LogP contribution in [0.3, 0.4) is 0 Å². The monoisotopic (exact) mass is 1080 g/mol. The van der Waals surface area contributed by atoms with Crippen molar-refractivity contribution in [3.63, 3.8) is 0 Å². The largest absolute Gasteiger partial charge is 0.494 e. The maximum atomic E-state index is 12.0. The lowest BCUT2D eigenvalue weighted by atomic mass is 10.2. The molecule has 388 valence electrons. The van der Waals surface area contributed by atoms with E-state index in [4.69, 9.17) is 24.4 Å². The van der Waals surface area contributed by atoms with E-state index in [0.29, 0.717) is 92.0 Å². The second kappa shape index (κ2) is 23.0. The van der Waals surface area contributed by atoms with Crippen molar-refractivity contribution in [1.82, 2.24) is 24.9 Å². The molecule has 0 aliphatic rings. The van der Waals surface area contributed by atoms with Crippen molar-refractivity contribution in [3.8, 4) is 11.5 Å². The zero-order valence-electron chi connectivity index (χ0n) is 41.0. The van der Waals surface area contributed by atoms with Gasteiger partial charge in [-0.05, 0) is 89.1 Å². The molecule has 73 heavy (non-hydrogen) atoms. The van der Waals surface area contributed by atoms with Crippen LogP contribution in [0.4, 0.5) is 62.2 Å². The van der Waals surface area contributed by atoms with Crippen LogP contribution >= 0.6 is 22.7 Å². The number of fused-ring (bicyclic) bond motifs is 2. The molecule has 7 aromatic rings. The number of azo groups is 2. The smallest absolute Gasteiger partial charge is 0.294 e. The number of thiazole rings is 2. The summed E-state index contributed by atoms with van der Waals surface area (Å²) >= 11 is 2.33. The van der Waals surface area contributed by atoms with E-state index in [1.165, 1.54) is 26.4 Å². The number of nitrogens with one attached hydrogen (secondary N) is 2. The van der Waals surface area contributed by atoms with E-state index in [9.17, 15) is 36.2 Å². The van der Waals surface area contributed by atoms with Gasteiger partial charge >= 0.3 is 0 Å². The zero-order chi connectivity index (χ0) is 52.8. The van der Waals surface area contributed by atoms with Crippen molar-refractivity contribution in [2.45, 2.75) is 51.3 Å². The van der Waals surface area contributed by atoms with E-state index in [2.05, 4.69) is 50.9 Å². The molecule has 3 heterocycles. The third-order valence-electron chi connectivity index (χ3n) is 11.3. The highest BCUT2D eigenvalue weighted by Gasteiger charge is 2.23. The van der Waals surface area contributed by atoms with Gasteiger partial charge in [0.25, 0.3) is 20.2 Å². The molecule has 24 nitrogen and oxygen atoms in total. The summed E-state index contributed by atoms with van der Waals surface area (Å²) in [6.07, 6.45) is 0. The first-order chi connectivity index (χ1) is 34.8. The van der Waals surface area contributed by atoms with Crippen molar-refractivity contribution in [2.75, 3.05) is 92.0 Å².